The molecule has 0 saturated carbocycles. The summed E-state index contributed by atoms with van der Waals surface area (Å²) in [6, 6.07) is 0. The molecule has 0 amide bonds. The molecule has 596 valence electrons. The minimum absolute atomic E-state index is 0.0847. The van der Waals surface area contributed by atoms with Gasteiger partial charge in [-0.3, -0.25) is 37.3 Å². The third kappa shape index (κ3) is 72.9. The second kappa shape index (κ2) is 71.8. The largest absolute Gasteiger partial charge is 0.472 e. The van der Waals surface area contributed by atoms with Crippen LogP contribution in [-0.2, 0) is 65.4 Å². The topological polar surface area (TPSA) is 237 Å². The van der Waals surface area contributed by atoms with Crippen LogP contribution < -0.4 is 0 Å². The van der Waals surface area contributed by atoms with Crippen LogP contribution in [0.4, 0.5) is 0 Å². The van der Waals surface area contributed by atoms with Gasteiger partial charge in [0.15, 0.2) is 12.2 Å². The van der Waals surface area contributed by atoms with Gasteiger partial charge in [0, 0.05) is 25.7 Å². The Morgan fingerprint density at radius 2 is 0.584 bits per heavy atom. The Hall–Kier alpha value is -2.46. The van der Waals surface area contributed by atoms with E-state index in [1.165, 1.54) is 193 Å². The van der Waals surface area contributed by atoms with E-state index in [4.69, 9.17) is 37.0 Å². The van der Waals surface area contributed by atoms with Crippen LogP contribution in [0.2, 0.25) is 0 Å². The molecule has 0 aliphatic rings. The second-order valence-electron chi connectivity index (χ2n) is 29.8. The number of hydrogen-bond donors (Lipinski definition) is 3. The number of unbranched alkanes of at least 4 members (excludes halogenated alkanes) is 41. The van der Waals surface area contributed by atoms with Crippen molar-refractivity contribution in [3.8, 4) is 0 Å². The zero-order valence-electron chi connectivity index (χ0n) is 65.9. The van der Waals surface area contributed by atoms with Crippen LogP contribution in [0.15, 0.2) is 24.3 Å². The highest BCUT2D eigenvalue weighted by Crippen LogP contribution is 2.45. The highest BCUT2D eigenvalue weighted by atomic mass is 31.2. The predicted molar refractivity (Wildman–Crippen MR) is 414 cm³/mol. The van der Waals surface area contributed by atoms with Crippen LogP contribution in [0.25, 0.3) is 0 Å². The van der Waals surface area contributed by atoms with Crippen molar-refractivity contribution < 1.29 is 80.2 Å². The number of carbonyl (C=O) groups excluding carboxylic acids is 4. The molecular weight excluding hydrogens is 1320 g/mol. The molecule has 101 heavy (non-hydrogen) atoms. The summed E-state index contributed by atoms with van der Waals surface area (Å²) in [7, 11) is -9.93. The van der Waals surface area contributed by atoms with Gasteiger partial charge in [0.2, 0.25) is 0 Å². The smallest absolute Gasteiger partial charge is 0.462 e. The van der Waals surface area contributed by atoms with E-state index >= 15 is 0 Å². The van der Waals surface area contributed by atoms with Gasteiger partial charge in [-0.1, -0.05) is 349 Å². The standard InChI is InChI=1S/C82H156O17P2/c1-8-11-12-13-14-15-16-17-22-26-31-37-42-51-58-65-81(86)98-77(69-92-79(84)63-56-49-41-36-33-28-29-34-39-46-53-60-73(4)5)71-96-100(88,89)94-67-76(83)68-95-101(90,91)97-72-78(70-93-80(85)64-57-50-45-44-48-55-62-75(7)10-3)99-82(87)66-59-52-43-38-32-27-24-21-19-18-20-23-25-30-35-40-47-54-61-74(6)9-2/h15-17,22,73-78,83H,8-14,18-21,23-72H2,1-7H3,(H,88,89)(H,90,91)/b16-15-,22-17-/t74?,75?,76-,77-,78-/m1/s1. The monoisotopic (exact) mass is 1480 g/mol. The maximum Gasteiger partial charge on any atom is 0.472 e. The first-order chi connectivity index (χ1) is 48.8. The predicted octanol–water partition coefficient (Wildman–Crippen LogP) is 24.1. The van der Waals surface area contributed by atoms with Gasteiger partial charge in [-0.2, -0.15) is 0 Å². The second-order valence-corrected chi connectivity index (χ2v) is 32.7. The molecule has 0 radical (unpaired) electrons. The lowest BCUT2D eigenvalue weighted by molar-refractivity contribution is -0.161. The number of allylic oxidation sites excluding steroid dienone is 4. The highest BCUT2D eigenvalue weighted by molar-refractivity contribution is 7.47. The zero-order chi connectivity index (χ0) is 74.4. The minimum Gasteiger partial charge on any atom is -0.462 e. The molecule has 0 spiro atoms. The van der Waals surface area contributed by atoms with E-state index in [0.717, 1.165) is 127 Å². The van der Waals surface area contributed by atoms with Crippen molar-refractivity contribution in [2.75, 3.05) is 39.6 Å². The average Bonchev–Trinajstić information content (AvgIpc) is 1.15. The number of carbonyl (C=O) groups is 4. The number of hydrogen-bond acceptors (Lipinski definition) is 15. The number of rotatable bonds is 78. The molecule has 0 fully saturated rings. The molecule has 4 unspecified atom stereocenters. The number of esters is 4. The van der Waals surface area contributed by atoms with E-state index in [-0.39, 0.29) is 25.7 Å². The zero-order valence-corrected chi connectivity index (χ0v) is 67.6. The fourth-order valence-corrected chi connectivity index (χ4v) is 13.6. The van der Waals surface area contributed by atoms with Gasteiger partial charge in [-0.15, -0.1) is 0 Å². The van der Waals surface area contributed by atoms with Crippen molar-refractivity contribution in [3.63, 3.8) is 0 Å². The number of aliphatic hydroxyl groups excluding tert-OH is 1. The summed E-state index contributed by atoms with van der Waals surface area (Å²) in [5.74, 6) is 0.225. The first kappa shape index (κ1) is 98.5. The first-order valence-corrected chi connectivity index (χ1v) is 44.7. The summed E-state index contributed by atoms with van der Waals surface area (Å²) in [6.45, 7) is 11.9. The van der Waals surface area contributed by atoms with E-state index in [0.29, 0.717) is 25.7 Å². The van der Waals surface area contributed by atoms with Gasteiger partial charge in [0.1, 0.15) is 19.3 Å². The van der Waals surface area contributed by atoms with Crippen LogP contribution in [0.5, 0.6) is 0 Å². The molecule has 17 nitrogen and oxygen atoms in total. The van der Waals surface area contributed by atoms with Crippen molar-refractivity contribution in [2.45, 2.75) is 420 Å². The third-order valence-electron chi connectivity index (χ3n) is 19.2. The van der Waals surface area contributed by atoms with Crippen LogP contribution in [0.1, 0.15) is 402 Å². The summed E-state index contributed by atoms with van der Waals surface area (Å²) >= 11 is 0. The fourth-order valence-electron chi connectivity index (χ4n) is 12.1. The lowest BCUT2D eigenvalue weighted by Gasteiger charge is -2.21. The number of aliphatic hydroxyl groups is 1. The van der Waals surface area contributed by atoms with Gasteiger partial charge < -0.3 is 33.8 Å². The molecule has 0 bridgehead atoms. The molecule has 0 heterocycles. The Morgan fingerprint density at radius 3 is 0.881 bits per heavy atom. The molecule has 0 aromatic carbocycles. The Balaban J connectivity index is 5.23. The highest BCUT2D eigenvalue weighted by Gasteiger charge is 2.30. The summed E-state index contributed by atoms with van der Waals surface area (Å²) in [5.41, 5.74) is 0. The summed E-state index contributed by atoms with van der Waals surface area (Å²) in [4.78, 5) is 73.0. The van der Waals surface area contributed by atoms with Gasteiger partial charge >= 0.3 is 39.5 Å². The molecule has 0 aliphatic carbocycles. The summed E-state index contributed by atoms with van der Waals surface area (Å²) < 4.78 is 68.7. The average molecular weight is 1480 g/mol. The normalized spacial score (nSPS) is 14.6. The van der Waals surface area contributed by atoms with Crippen LogP contribution in [-0.4, -0.2) is 96.7 Å². The molecule has 0 aliphatic heterocycles. The van der Waals surface area contributed by atoms with Crippen molar-refractivity contribution in [1.82, 2.24) is 0 Å². The molecule has 7 atom stereocenters. The number of ether oxygens (including phenoxy) is 4. The quantitative estimate of drug-likeness (QED) is 0.0169. The Bertz CT molecular complexity index is 2060. The molecule has 19 heteroatoms. The lowest BCUT2D eigenvalue weighted by Crippen LogP contribution is -2.30. The van der Waals surface area contributed by atoms with E-state index in [1.807, 2.05) is 0 Å². The van der Waals surface area contributed by atoms with Crippen molar-refractivity contribution in [2.24, 2.45) is 17.8 Å². The Kier molecular flexibility index (Phi) is 70.0. The molecule has 3 N–H and O–H groups in total. The molecule has 0 aromatic rings. The maximum absolute atomic E-state index is 13.1. The van der Waals surface area contributed by atoms with Crippen molar-refractivity contribution in [1.29, 1.82) is 0 Å². The van der Waals surface area contributed by atoms with Crippen molar-refractivity contribution >= 4 is 39.5 Å². The van der Waals surface area contributed by atoms with E-state index in [9.17, 15) is 43.2 Å². The van der Waals surface area contributed by atoms with Crippen LogP contribution >= 0.6 is 15.6 Å². The van der Waals surface area contributed by atoms with Gasteiger partial charge in [-0.25, -0.2) is 9.13 Å². The van der Waals surface area contributed by atoms with Gasteiger partial charge in [0.25, 0.3) is 0 Å². The minimum atomic E-state index is -4.97. The lowest BCUT2D eigenvalue weighted by atomic mass is 9.99. The molecule has 0 rings (SSSR count). The van der Waals surface area contributed by atoms with E-state index < -0.39 is 97.5 Å². The maximum atomic E-state index is 13.1. The van der Waals surface area contributed by atoms with E-state index in [1.54, 1.807) is 0 Å². The van der Waals surface area contributed by atoms with Crippen molar-refractivity contribution in [3.05, 3.63) is 24.3 Å². The molecule has 0 saturated heterocycles. The number of phosphoric acid groups is 2. The van der Waals surface area contributed by atoms with Gasteiger partial charge in [-0.05, 0) is 69.1 Å². The molecule has 0 aromatic heterocycles. The Morgan fingerprint density at radius 1 is 0.327 bits per heavy atom. The SMILES string of the molecule is CCCCCC/C=C\C=C/CCCCCCCC(=O)O[C@H](COC(=O)CCCCCCCCCCCCCC(C)C)COP(=O)(O)OC[C@@H](O)COP(=O)(O)OC[C@@H](COC(=O)CCCCCCCCC(C)CC)OC(=O)CCCCCCCCCCCCCCCCCCCCC(C)CC. The number of phosphoric ester groups is 2. The Labute approximate surface area is 618 Å². The summed E-state index contributed by atoms with van der Waals surface area (Å²) in [5, 5.41) is 10.6. The van der Waals surface area contributed by atoms with Crippen LogP contribution in [0.3, 0.4) is 0 Å². The summed E-state index contributed by atoms with van der Waals surface area (Å²) in [6.07, 6.45) is 63.3. The third-order valence-corrected chi connectivity index (χ3v) is 21.1. The van der Waals surface area contributed by atoms with E-state index in [2.05, 4.69) is 72.8 Å². The van der Waals surface area contributed by atoms with Gasteiger partial charge in [0.05, 0.1) is 26.4 Å². The first-order valence-electron chi connectivity index (χ1n) is 41.7. The van der Waals surface area contributed by atoms with Crippen LogP contribution in [0, 0.1) is 17.8 Å². The fraction of sp³-hybridized carbons (Fsp3) is 0.902. The molecular formula is C82H156O17P2.